The van der Waals surface area contributed by atoms with E-state index in [1.54, 1.807) is 11.8 Å². The monoisotopic (exact) mass is 344 g/mol. The molecule has 10 heteroatoms. The number of amides is 1. The molecule has 0 bridgehead atoms. The molecule has 2 rings (SSSR count). The molecule has 134 valence electrons. The van der Waals surface area contributed by atoms with E-state index in [1.807, 2.05) is 0 Å². The molecule has 0 spiro atoms. The average molecular weight is 344 g/mol. The molecule has 1 aromatic rings. The van der Waals surface area contributed by atoms with Gasteiger partial charge in [0.2, 0.25) is 0 Å². The number of nitrogens with one attached hydrogen (secondary N) is 1. The van der Waals surface area contributed by atoms with Gasteiger partial charge in [-0.15, -0.1) is 0 Å². The lowest BCUT2D eigenvalue weighted by atomic mass is 10.1. The summed E-state index contributed by atoms with van der Waals surface area (Å²) in [5.41, 5.74) is 5.80. The van der Waals surface area contributed by atoms with Gasteiger partial charge < -0.3 is 20.7 Å². The van der Waals surface area contributed by atoms with Crippen LogP contribution in [-0.4, -0.2) is 52.2 Å². The number of aromatic nitrogens is 2. The van der Waals surface area contributed by atoms with Crippen molar-refractivity contribution in [2.75, 3.05) is 19.7 Å². The van der Waals surface area contributed by atoms with E-state index in [-0.39, 0.29) is 30.5 Å². The van der Waals surface area contributed by atoms with Crippen LogP contribution in [0.2, 0.25) is 0 Å². The van der Waals surface area contributed by atoms with Crippen molar-refractivity contribution in [3.63, 3.8) is 0 Å². The summed E-state index contributed by atoms with van der Waals surface area (Å²) in [7, 11) is 0. The topological polar surface area (TPSA) is 97.8 Å². The Hall–Kier alpha value is -2.39. The van der Waals surface area contributed by atoms with Gasteiger partial charge in [0.15, 0.2) is 5.96 Å². The van der Waals surface area contributed by atoms with Crippen molar-refractivity contribution in [1.29, 1.82) is 0 Å². The second-order valence-electron chi connectivity index (χ2n) is 5.33. The van der Waals surface area contributed by atoms with E-state index in [9.17, 15) is 13.6 Å². The Balaban J connectivity index is 1.79. The zero-order chi connectivity index (χ0) is 17.5. The van der Waals surface area contributed by atoms with Gasteiger partial charge in [0, 0.05) is 31.5 Å². The van der Waals surface area contributed by atoms with E-state index in [2.05, 4.69) is 15.3 Å². The van der Waals surface area contributed by atoms with Crippen LogP contribution in [0.3, 0.4) is 0 Å². The van der Waals surface area contributed by atoms with Crippen molar-refractivity contribution >= 4 is 12.1 Å². The smallest absolute Gasteiger partial charge is 0.409 e. The van der Waals surface area contributed by atoms with Crippen molar-refractivity contribution in [2.45, 2.75) is 38.9 Å². The molecule has 3 N–H and O–H groups in total. The molecule has 8 nitrogen and oxygen atoms in total. The number of guanidine groups is 1. The molecule has 0 saturated carbocycles. The van der Waals surface area contributed by atoms with Crippen LogP contribution < -0.4 is 11.1 Å². The van der Waals surface area contributed by atoms with E-state index in [0.29, 0.717) is 32.5 Å². The second kappa shape index (κ2) is 8.46. The molecule has 0 unspecified atom stereocenters. The molecular formula is C14H22F2N6O2. The first kappa shape index (κ1) is 18.0. The highest BCUT2D eigenvalue weighted by Crippen LogP contribution is 2.13. The van der Waals surface area contributed by atoms with Gasteiger partial charge in [-0.25, -0.2) is 14.8 Å². The van der Waals surface area contributed by atoms with E-state index in [1.165, 1.54) is 12.4 Å². The lowest BCUT2D eigenvalue weighted by Crippen LogP contribution is -2.48. The second-order valence-corrected chi connectivity index (χ2v) is 5.33. The number of hydrogen-bond acceptors (Lipinski definition) is 4. The van der Waals surface area contributed by atoms with Gasteiger partial charge in [-0.05, 0) is 19.8 Å². The Labute approximate surface area is 138 Å². The molecule has 0 radical (unpaired) electrons. The summed E-state index contributed by atoms with van der Waals surface area (Å²) in [4.78, 5) is 21.1. The van der Waals surface area contributed by atoms with Crippen molar-refractivity contribution < 1.29 is 18.3 Å². The first-order valence-corrected chi connectivity index (χ1v) is 7.79. The minimum Gasteiger partial charge on any atom is -0.450 e. The van der Waals surface area contributed by atoms with E-state index >= 15 is 0 Å². The predicted octanol–water partition coefficient (Wildman–Crippen LogP) is 1.30. The van der Waals surface area contributed by atoms with Gasteiger partial charge in [0.05, 0.1) is 6.61 Å². The van der Waals surface area contributed by atoms with Crippen molar-refractivity contribution in [1.82, 2.24) is 19.8 Å². The third-order valence-corrected chi connectivity index (χ3v) is 3.72. The summed E-state index contributed by atoms with van der Waals surface area (Å²) in [5.74, 6) is 0.320. The number of imidazole rings is 1. The fourth-order valence-electron chi connectivity index (χ4n) is 2.48. The normalized spacial score (nSPS) is 16.5. The summed E-state index contributed by atoms with van der Waals surface area (Å²) in [6.07, 6.45) is 3.61. The number of rotatable bonds is 5. The lowest BCUT2D eigenvalue weighted by Gasteiger charge is -2.31. The number of nitrogens with zero attached hydrogens (tertiary/aromatic N) is 4. The predicted molar refractivity (Wildman–Crippen MR) is 83.6 cm³/mol. The van der Waals surface area contributed by atoms with Crippen LogP contribution in [-0.2, 0) is 11.3 Å². The minimum atomic E-state index is -2.65. The van der Waals surface area contributed by atoms with Crippen molar-refractivity contribution in [3.8, 4) is 0 Å². The summed E-state index contributed by atoms with van der Waals surface area (Å²) in [5, 5.41) is 3.05. The fourth-order valence-corrected chi connectivity index (χ4v) is 2.48. The third-order valence-electron chi connectivity index (χ3n) is 3.72. The van der Waals surface area contributed by atoms with Crippen LogP contribution in [0, 0.1) is 0 Å². The minimum absolute atomic E-state index is 0.0299. The molecular weight excluding hydrogens is 322 g/mol. The molecule has 1 fully saturated rings. The summed E-state index contributed by atoms with van der Waals surface area (Å²) in [6, 6.07) is 0.0780. The van der Waals surface area contributed by atoms with Gasteiger partial charge in [0.25, 0.3) is 0 Å². The Kier molecular flexibility index (Phi) is 6.33. The zero-order valence-electron chi connectivity index (χ0n) is 13.5. The van der Waals surface area contributed by atoms with Crippen LogP contribution >= 0.6 is 0 Å². The van der Waals surface area contributed by atoms with Crippen LogP contribution in [0.1, 0.15) is 32.1 Å². The van der Waals surface area contributed by atoms with Gasteiger partial charge in [0.1, 0.15) is 12.4 Å². The van der Waals surface area contributed by atoms with E-state index in [0.717, 1.165) is 4.57 Å². The Morgan fingerprint density at radius 3 is 2.88 bits per heavy atom. The Morgan fingerprint density at radius 1 is 1.54 bits per heavy atom. The number of aliphatic imine (C=N–C) groups is 1. The molecule has 1 amide bonds. The van der Waals surface area contributed by atoms with Gasteiger partial charge in [-0.3, -0.25) is 4.57 Å². The molecule has 24 heavy (non-hydrogen) atoms. The number of piperidine rings is 1. The maximum absolute atomic E-state index is 12.7. The molecule has 1 aliphatic heterocycles. The number of halogens is 2. The summed E-state index contributed by atoms with van der Waals surface area (Å²) < 4.78 is 31.1. The number of likely N-dealkylation sites (tertiary alicyclic amines) is 1. The van der Waals surface area contributed by atoms with Gasteiger partial charge in [-0.2, -0.15) is 8.78 Å². The molecule has 1 aliphatic rings. The summed E-state index contributed by atoms with van der Waals surface area (Å²) in [6.45, 7) is 0.573. The van der Waals surface area contributed by atoms with Gasteiger partial charge >= 0.3 is 12.6 Å². The van der Waals surface area contributed by atoms with Crippen LogP contribution in [0.4, 0.5) is 13.6 Å². The number of nitrogens with two attached hydrogens (primary N) is 1. The zero-order valence-corrected chi connectivity index (χ0v) is 13.5. The number of hydrogen-bond donors (Lipinski definition) is 2. The summed E-state index contributed by atoms with van der Waals surface area (Å²) >= 11 is 0. The standard InChI is InChI=1S/C14H22F2N6O2/c1-2-24-14(23)21-6-3-10(4-7-21)20-13(17)19-9-11-18-5-8-22(11)12(15)16/h5,8,10,12H,2-4,6-7,9H2,1H3,(H3,17,19,20). The number of carbonyl (C=O) groups is 1. The third kappa shape index (κ3) is 4.80. The highest BCUT2D eigenvalue weighted by atomic mass is 19.3. The maximum atomic E-state index is 12.7. The molecule has 1 saturated heterocycles. The first-order chi connectivity index (χ1) is 11.5. The van der Waals surface area contributed by atoms with Crippen LogP contribution in [0.5, 0.6) is 0 Å². The maximum Gasteiger partial charge on any atom is 0.409 e. The number of carbonyl (C=O) groups excluding carboxylic acids is 1. The van der Waals surface area contributed by atoms with Gasteiger partial charge in [-0.1, -0.05) is 0 Å². The van der Waals surface area contributed by atoms with E-state index < -0.39 is 6.55 Å². The Bertz CT molecular complexity index is 569. The molecule has 0 atom stereocenters. The highest BCUT2D eigenvalue weighted by molar-refractivity contribution is 5.78. The lowest BCUT2D eigenvalue weighted by molar-refractivity contribution is 0.0670. The molecule has 0 aromatic carbocycles. The average Bonchev–Trinajstić information content (AvgIpc) is 3.02. The van der Waals surface area contributed by atoms with Crippen LogP contribution in [0.25, 0.3) is 0 Å². The number of alkyl halides is 2. The van der Waals surface area contributed by atoms with E-state index in [4.69, 9.17) is 10.5 Å². The molecule has 1 aromatic heterocycles. The SMILES string of the molecule is CCOC(=O)N1CCC(NC(N)=NCc2nccn2C(F)F)CC1. The van der Waals surface area contributed by atoms with Crippen LogP contribution in [0.15, 0.2) is 17.4 Å². The first-order valence-electron chi connectivity index (χ1n) is 7.79. The molecule has 2 heterocycles. The quantitative estimate of drug-likeness (QED) is 0.620. The largest absolute Gasteiger partial charge is 0.450 e. The fraction of sp³-hybridized carbons (Fsp3) is 0.643. The molecule has 0 aliphatic carbocycles. The Morgan fingerprint density at radius 2 is 2.25 bits per heavy atom. The van der Waals surface area contributed by atoms with Crippen molar-refractivity contribution in [2.24, 2.45) is 10.7 Å². The number of ether oxygens (including phenoxy) is 1. The highest BCUT2D eigenvalue weighted by Gasteiger charge is 2.23. The van der Waals surface area contributed by atoms with Crippen molar-refractivity contribution in [3.05, 3.63) is 18.2 Å².